The van der Waals surface area contributed by atoms with E-state index >= 15 is 0 Å². The maximum absolute atomic E-state index is 13.8. The topological polar surface area (TPSA) is 122 Å². The molecule has 2 aliphatic carbocycles. The zero-order chi connectivity index (χ0) is 41.3. The first-order chi connectivity index (χ1) is 29.2. The molecule has 9 rings (SSSR count). The van der Waals surface area contributed by atoms with Gasteiger partial charge in [-0.1, -0.05) is 42.6 Å². The molecule has 0 radical (unpaired) electrons. The predicted molar refractivity (Wildman–Crippen MR) is 230 cm³/mol. The van der Waals surface area contributed by atoms with Crippen LogP contribution in [0.2, 0.25) is 10.0 Å². The summed E-state index contributed by atoms with van der Waals surface area (Å²) in [7, 11) is 0. The third-order valence-corrected chi connectivity index (χ3v) is 13.3. The molecule has 0 spiro atoms. The van der Waals surface area contributed by atoms with Crippen LogP contribution in [0.1, 0.15) is 76.4 Å². The summed E-state index contributed by atoms with van der Waals surface area (Å²) in [5.74, 6) is 1.82. The second-order valence-corrected chi connectivity index (χ2v) is 18.2. The quantitative estimate of drug-likeness (QED) is 0.142. The van der Waals surface area contributed by atoms with Crippen molar-refractivity contribution in [3.8, 4) is 23.0 Å². The van der Waals surface area contributed by atoms with E-state index in [1.807, 2.05) is 54.6 Å². The van der Waals surface area contributed by atoms with Crippen LogP contribution in [0.3, 0.4) is 0 Å². The van der Waals surface area contributed by atoms with Crippen LogP contribution in [0, 0.1) is 11.8 Å². The van der Waals surface area contributed by atoms with Gasteiger partial charge in [0.1, 0.15) is 42.5 Å². The van der Waals surface area contributed by atoms with Crippen LogP contribution in [0.25, 0.3) is 0 Å². The minimum Gasteiger partial charge on any atom is -0.489 e. The largest absolute Gasteiger partial charge is 0.489 e. The second kappa shape index (κ2) is 18.1. The minimum atomic E-state index is -0.913. The van der Waals surface area contributed by atoms with Crippen LogP contribution >= 0.6 is 23.2 Å². The van der Waals surface area contributed by atoms with Gasteiger partial charge < -0.3 is 48.8 Å². The van der Waals surface area contributed by atoms with E-state index in [1.54, 1.807) is 0 Å². The van der Waals surface area contributed by atoms with Gasteiger partial charge in [-0.3, -0.25) is 9.59 Å². The molecule has 3 aromatic carbocycles. The molecule has 14 heteroatoms. The highest BCUT2D eigenvalue weighted by Gasteiger charge is 2.45. The Morgan fingerprint density at radius 3 is 2.20 bits per heavy atom. The standard InChI is InChI=1S/C46H56Cl2N4O8/c1-2-5-34-27-56-41-20-28(6-11-40(41)58-34)44(53)37(26-50-16-3-4-17-50)49-45(54)29-14-18-51(24-29)31-8-13-39(36(48)22-31)59-42-23-43(42)60-46(55)30-15-19-52(25-30)32-7-12-38(35(47)21-32)57-33-9-10-33/h6-8,11-13,20-22,29-30,33-34,37,42-44,53H,2-5,9-10,14-19,23-27H2,1H3,(H,49,54). The normalized spacial score (nSPS) is 25.8. The number of aliphatic hydroxyl groups excluding tert-OH is 1. The number of ether oxygens (including phenoxy) is 5. The van der Waals surface area contributed by atoms with Crippen molar-refractivity contribution in [2.75, 3.05) is 62.2 Å². The summed E-state index contributed by atoms with van der Waals surface area (Å²) >= 11 is 13.3. The molecule has 3 aromatic rings. The minimum absolute atomic E-state index is 0.0291. The lowest BCUT2D eigenvalue weighted by Gasteiger charge is -2.31. The lowest BCUT2D eigenvalue weighted by Crippen LogP contribution is -2.48. The van der Waals surface area contributed by atoms with Crippen molar-refractivity contribution < 1.29 is 38.4 Å². The van der Waals surface area contributed by atoms with Gasteiger partial charge in [-0.25, -0.2) is 0 Å². The summed E-state index contributed by atoms with van der Waals surface area (Å²) in [6, 6.07) is 16.6. The monoisotopic (exact) mass is 862 g/mol. The summed E-state index contributed by atoms with van der Waals surface area (Å²) in [6.45, 7) is 7.62. The number of aliphatic hydroxyl groups is 1. The van der Waals surface area contributed by atoms with Crippen LogP contribution in [-0.4, -0.2) is 105 Å². The smallest absolute Gasteiger partial charge is 0.311 e. The van der Waals surface area contributed by atoms with E-state index in [0.29, 0.717) is 90.7 Å². The Balaban J connectivity index is 0.752. The highest BCUT2D eigenvalue weighted by Crippen LogP contribution is 2.40. The Bertz CT molecular complexity index is 2030. The van der Waals surface area contributed by atoms with E-state index in [2.05, 4.69) is 26.9 Å². The van der Waals surface area contributed by atoms with Gasteiger partial charge in [-0.15, -0.1) is 0 Å². The second-order valence-electron chi connectivity index (χ2n) is 17.4. The summed E-state index contributed by atoms with van der Waals surface area (Å²) in [5.41, 5.74) is 2.58. The summed E-state index contributed by atoms with van der Waals surface area (Å²) < 4.78 is 30.1. The lowest BCUT2D eigenvalue weighted by molar-refractivity contribution is -0.150. The van der Waals surface area contributed by atoms with Crippen LogP contribution in [0.15, 0.2) is 54.6 Å². The van der Waals surface area contributed by atoms with E-state index in [4.69, 9.17) is 46.9 Å². The van der Waals surface area contributed by atoms with Crippen molar-refractivity contribution in [3.63, 3.8) is 0 Å². The molecule has 2 saturated carbocycles. The fourth-order valence-electron chi connectivity index (χ4n) is 8.91. The molecule has 6 aliphatic rings. The Kier molecular flexibility index (Phi) is 12.4. The Labute approximate surface area is 362 Å². The van der Waals surface area contributed by atoms with E-state index < -0.39 is 12.1 Å². The van der Waals surface area contributed by atoms with Crippen molar-refractivity contribution >= 4 is 46.5 Å². The molecule has 4 heterocycles. The van der Waals surface area contributed by atoms with Crippen LogP contribution in [0.4, 0.5) is 11.4 Å². The Morgan fingerprint density at radius 1 is 0.833 bits per heavy atom. The first-order valence-electron chi connectivity index (χ1n) is 21.9. The molecular weight excluding hydrogens is 807 g/mol. The van der Waals surface area contributed by atoms with Crippen molar-refractivity contribution in [2.45, 2.75) is 101 Å². The molecule has 322 valence electrons. The number of anilines is 2. The van der Waals surface area contributed by atoms with E-state index in [9.17, 15) is 14.7 Å². The van der Waals surface area contributed by atoms with Crippen molar-refractivity contribution in [3.05, 3.63) is 70.2 Å². The number of hydrogen-bond acceptors (Lipinski definition) is 11. The molecule has 5 fully saturated rings. The maximum Gasteiger partial charge on any atom is 0.311 e. The molecule has 0 aromatic heterocycles. The predicted octanol–water partition coefficient (Wildman–Crippen LogP) is 7.20. The number of rotatable bonds is 16. The van der Waals surface area contributed by atoms with Crippen LogP contribution in [0.5, 0.6) is 23.0 Å². The number of benzene rings is 3. The maximum atomic E-state index is 13.8. The van der Waals surface area contributed by atoms with Crippen molar-refractivity contribution in [1.29, 1.82) is 0 Å². The number of carbonyl (C=O) groups is 2. The first-order valence-corrected chi connectivity index (χ1v) is 22.7. The number of carbonyl (C=O) groups excluding carboxylic acids is 2. The highest BCUT2D eigenvalue weighted by molar-refractivity contribution is 6.32. The number of halogens is 2. The van der Waals surface area contributed by atoms with Gasteiger partial charge in [0, 0.05) is 50.5 Å². The van der Waals surface area contributed by atoms with Crippen molar-refractivity contribution in [1.82, 2.24) is 10.2 Å². The van der Waals surface area contributed by atoms with Gasteiger partial charge >= 0.3 is 5.97 Å². The average molecular weight is 864 g/mol. The van der Waals surface area contributed by atoms with Crippen LogP contribution < -0.4 is 34.1 Å². The van der Waals surface area contributed by atoms with Gasteiger partial charge in [0.15, 0.2) is 11.5 Å². The van der Waals surface area contributed by atoms with Gasteiger partial charge in [0.2, 0.25) is 5.91 Å². The van der Waals surface area contributed by atoms with E-state index in [0.717, 1.165) is 69.5 Å². The average Bonchev–Trinajstić information content (AvgIpc) is 3.92. The fourth-order valence-corrected chi connectivity index (χ4v) is 9.35. The van der Waals surface area contributed by atoms with Crippen LogP contribution in [-0.2, 0) is 14.3 Å². The summed E-state index contributed by atoms with van der Waals surface area (Å²) in [6.07, 6.45) is 7.14. The first kappa shape index (κ1) is 41.3. The number of nitrogens with one attached hydrogen (secondary N) is 1. The molecule has 12 nitrogen and oxygen atoms in total. The lowest BCUT2D eigenvalue weighted by atomic mass is 9.99. The third-order valence-electron chi connectivity index (χ3n) is 12.7. The molecule has 3 saturated heterocycles. The van der Waals surface area contributed by atoms with E-state index in [-0.39, 0.29) is 48.1 Å². The molecule has 60 heavy (non-hydrogen) atoms. The molecule has 7 unspecified atom stereocenters. The van der Waals surface area contributed by atoms with Crippen molar-refractivity contribution in [2.24, 2.45) is 11.8 Å². The number of likely N-dealkylation sites (tertiary alicyclic amines) is 1. The van der Waals surface area contributed by atoms with Gasteiger partial charge in [-0.2, -0.15) is 0 Å². The van der Waals surface area contributed by atoms with E-state index in [1.165, 1.54) is 0 Å². The molecule has 2 N–H and O–H groups in total. The number of hydrogen-bond donors (Lipinski definition) is 2. The number of esters is 1. The highest BCUT2D eigenvalue weighted by atomic mass is 35.5. The molecule has 7 atom stereocenters. The number of amides is 1. The van der Waals surface area contributed by atoms with Gasteiger partial charge in [0.05, 0.1) is 34.0 Å². The fraction of sp³-hybridized carbons (Fsp3) is 0.565. The molecule has 0 bridgehead atoms. The van der Waals surface area contributed by atoms with Gasteiger partial charge in [-0.05, 0) is 112 Å². The number of nitrogens with zero attached hydrogens (tertiary/aromatic N) is 3. The summed E-state index contributed by atoms with van der Waals surface area (Å²) in [5, 5.41) is 16.0. The molecular formula is C46H56Cl2N4O8. The molecule has 4 aliphatic heterocycles. The zero-order valence-electron chi connectivity index (χ0n) is 34.2. The third kappa shape index (κ3) is 9.67. The number of fused-ring (bicyclic) bond motifs is 1. The zero-order valence-corrected chi connectivity index (χ0v) is 35.8. The Morgan fingerprint density at radius 2 is 1.52 bits per heavy atom. The molecule has 1 amide bonds. The summed E-state index contributed by atoms with van der Waals surface area (Å²) in [4.78, 5) is 33.6. The van der Waals surface area contributed by atoms with Gasteiger partial charge in [0.25, 0.3) is 0 Å². The SMILES string of the molecule is CCCC1COc2cc(C(O)C(CN3CCCC3)NC(=O)C3CCN(c4ccc(OC5CC5OC(=O)C5CCN(c6ccc(OC7CC7)c(Cl)c6)C5)c(Cl)c4)C3)ccc2O1. The Hall–Kier alpha value is -4.10.